The summed E-state index contributed by atoms with van der Waals surface area (Å²) in [5.41, 5.74) is -0.404. The van der Waals surface area contributed by atoms with E-state index < -0.39 is 11.7 Å². The number of alkyl halides is 3. The van der Waals surface area contributed by atoms with E-state index in [1.807, 2.05) is 6.92 Å². The van der Waals surface area contributed by atoms with Crippen LogP contribution in [0.25, 0.3) is 10.2 Å². The van der Waals surface area contributed by atoms with Crippen LogP contribution in [0.5, 0.6) is 0 Å². The molecule has 0 fully saturated rings. The number of rotatable bonds is 3. The van der Waals surface area contributed by atoms with Gasteiger partial charge in [-0.25, -0.2) is 9.66 Å². The Hall–Kier alpha value is -1.81. The summed E-state index contributed by atoms with van der Waals surface area (Å²) in [4.78, 5) is 4.20. The van der Waals surface area contributed by atoms with Crippen LogP contribution in [0.1, 0.15) is 18.3 Å². The molecular formula is C12H10F3N5S2. The lowest BCUT2D eigenvalue weighted by atomic mass is 10.2. The zero-order chi connectivity index (χ0) is 15.9. The fourth-order valence-corrected chi connectivity index (χ4v) is 3.74. The van der Waals surface area contributed by atoms with Gasteiger partial charge in [0.25, 0.3) is 0 Å². The minimum atomic E-state index is -4.38. The molecule has 0 saturated carbocycles. The Morgan fingerprint density at radius 1 is 1.32 bits per heavy atom. The summed E-state index contributed by atoms with van der Waals surface area (Å²) < 4.78 is 40.7. The number of hydrogen-bond acceptors (Lipinski definition) is 6. The Labute approximate surface area is 131 Å². The van der Waals surface area contributed by atoms with E-state index in [9.17, 15) is 13.2 Å². The molecule has 0 unspecified atom stereocenters. The van der Waals surface area contributed by atoms with Crippen molar-refractivity contribution in [1.82, 2.24) is 19.9 Å². The van der Waals surface area contributed by atoms with Crippen molar-refractivity contribution in [2.45, 2.75) is 29.0 Å². The maximum atomic E-state index is 12.7. The topological polar surface area (TPSA) is 69.6 Å². The SMILES string of the molecule is CCc1nnc(Sc2nc3cc(C(F)(F)F)ccc3s2)n1N. The molecule has 0 amide bonds. The minimum Gasteiger partial charge on any atom is -0.336 e. The van der Waals surface area contributed by atoms with Crippen LogP contribution in [-0.4, -0.2) is 19.9 Å². The molecule has 0 atom stereocenters. The summed E-state index contributed by atoms with van der Waals surface area (Å²) in [6.07, 6.45) is -3.74. The van der Waals surface area contributed by atoms with Gasteiger partial charge in [0, 0.05) is 6.42 Å². The first-order valence-corrected chi connectivity index (χ1v) is 7.86. The molecule has 2 aromatic heterocycles. The van der Waals surface area contributed by atoms with Crippen molar-refractivity contribution < 1.29 is 13.2 Å². The van der Waals surface area contributed by atoms with Crippen LogP contribution < -0.4 is 5.84 Å². The highest BCUT2D eigenvalue weighted by molar-refractivity contribution is 8.01. The number of nitrogen functional groups attached to an aromatic ring is 1. The normalized spacial score (nSPS) is 12.2. The van der Waals surface area contributed by atoms with Crippen LogP contribution in [0.15, 0.2) is 27.7 Å². The van der Waals surface area contributed by atoms with Crippen molar-refractivity contribution in [2.75, 3.05) is 5.84 Å². The number of nitrogens with zero attached hydrogens (tertiary/aromatic N) is 4. The summed E-state index contributed by atoms with van der Waals surface area (Å²) in [6, 6.07) is 3.51. The van der Waals surface area contributed by atoms with Crippen molar-refractivity contribution >= 4 is 33.3 Å². The van der Waals surface area contributed by atoms with Crippen molar-refractivity contribution in [3.63, 3.8) is 0 Å². The summed E-state index contributed by atoms with van der Waals surface area (Å²) in [6.45, 7) is 1.90. The lowest BCUT2D eigenvalue weighted by Gasteiger charge is -2.04. The lowest BCUT2D eigenvalue weighted by molar-refractivity contribution is -0.137. The molecule has 2 N–H and O–H groups in total. The highest BCUT2D eigenvalue weighted by atomic mass is 32.2. The largest absolute Gasteiger partial charge is 0.416 e. The van der Waals surface area contributed by atoms with E-state index in [1.165, 1.54) is 33.8 Å². The maximum absolute atomic E-state index is 12.7. The smallest absolute Gasteiger partial charge is 0.336 e. The molecule has 0 aliphatic rings. The fraction of sp³-hybridized carbons (Fsp3) is 0.250. The number of fused-ring (bicyclic) bond motifs is 1. The van der Waals surface area contributed by atoms with Gasteiger partial charge in [0.15, 0.2) is 10.2 Å². The van der Waals surface area contributed by atoms with Crippen molar-refractivity contribution in [1.29, 1.82) is 0 Å². The Balaban J connectivity index is 1.93. The van der Waals surface area contributed by atoms with Gasteiger partial charge in [-0.05, 0) is 30.0 Å². The lowest BCUT2D eigenvalue weighted by Crippen LogP contribution is -2.13. The molecule has 0 saturated heterocycles. The molecule has 0 aliphatic carbocycles. The molecule has 3 aromatic rings. The first kappa shape index (κ1) is 15.1. The van der Waals surface area contributed by atoms with Gasteiger partial charge in [-0.2, -0.15) is 13.2 Å². The molecule has 1 aromatic carbocycles. The predicted octanol–water partition coefficient (Wildman–Crippen LogP) is 3.33. The summed E-state index contributed by atoms with van der Waals surface area (Å²) >= 11 is 2.46. The third-order valence-corrected chi connectivity index (χ3v) is 4.98. The van der Waals surface area contributed by atoms with Gasteiger partial charge in [-0.1, -0.05) is 6.92 Å². The van der Waals surface area contributed by atoms with Crippen LogP contribution in [0, 0.1) is 0 Å². The Bertz CT molecular complexity index is 824. The van der Waals surface area contributed by atoms with Crippen molar-refractivity contribution in [3.05, 3.63) is 29.6 Å². The van der Waals surface area contributed by atoms with Crippen LogP contribution in [0.3, 0.4) is 0 Å². The molecule has 0 bridgehead atoms. The predicted molar refractivity (Wildman–Crippen MR) is 78.3 cm³/mol. The fourth-order valence-electron chi connectivity index (χ4n) is 1.82. The van der Waals surface area contributed by atoms with Crippen molar-refractivity contribution in [2.24, 2.45) is 0 Å². The number of benzene rings is 1. The maximum Gasteiger partial charge on any atom is 0.416 e. The Morgan fingerprint density at radius 2 is 2.09 bits per heavy atom. The molecule has 10 heteroatoms. The van der Waals surface area contributed by atoms with E-state index in [2.05, 4.69) is 15.2 Å². The zero-order valence-electron chi connectivity index (χ0n) is 11.3. The number of halogens is 3. The number of nitrogens with two attached hydrogens (primary N) is 1. The van der Waals surface area contributed by atoms with E-state index in [-0.39, 0.29) is 0 Å². The number of aryl methyl sites for hydroxylation is 1. The number of hydrogen-bond donors (Lipinski definition) is 1. The van der Waals surface area contributed by atoms with Gasteiger partial charge in [0.2, 0.25) is 5.16 Å². The Kier molecular flexibility index (Phi) is 3.73. The highest BCUT2D eigenvalue weighted by Gasteiger charge is 2.30. The molecular weight excluding hydrogens is 335 g/mol. The van der Waals surface area contributed by atoms with Crippen LogP contribution in [0.4, 0.5) is 13.2 Å². The average Bonchev–Trinajstić information content (AvgIpc) is 3.01. The van der Waals surface area contributed by atoms with Gasteiger partial charge in [0.1, 0.15) is 0 Å². The highest BCUT2D eigenvalue weighted by Crippen LogP contribution is 2.36. The van der Waals surface area contributed by atoms with Crippen molar-refractivity contribution in [3.8, 4) is 0 Å². The minimum absolute atomic E-state index is 0.307. The summed E-state index contributed by atoms with van der Waals surface area (Å²) in [5.74, 6) is 6.46. The summed E-state index contributed by atoms with van der Waals surface area (Å²) in [7, 11) is 0. The number of thiazole rings is 1. The third-order valence-electron chi connectivity index (χ3n) is 2.93. The van der Waals surface area contributed by atoms with Crippen LogP contribution in [0.2, 0.25) is 0 Å². The first-order valence-electron chi connectivity index (χ1n) is 6.23. The quantitative estimate of drug-likeness (QED) is 0.737. The van der Waals surface area contributed by atoms with Crippen LogP contribution >= 0.6 is 23.1 Å². The van der Waals surface area contributed by atoms with Gasteiger partial charge >= 0.3 is 6.18 Å². The van der Waals surface area contributed by atoms with E-state index in [1.54, 1.807) is 0 Å². The van der Waals surface area contributed by atoms with Gasteiger partial charge < -0.3 is 5.84 Å². The second kappa shape index (κ2) is 5.43. The standard InChI is InChI=1S/C12H10F3N5S2/c1-2-9-18-19-10(20(9)16)22-11-17-7-5-6(12(13,14)15)3-4-8(7)21-11/h3-5H,2,16H2,1H3. The second-order valence-corrected chi connectivity index (χ2v) is 6.63. The molecule has 0 aliphatic heterocycles. The number of aromatic nitrogens is 4. The van der Waals surface area contributed by atoms with E-state index in [4.69, 9.17) is 5.84 Å². The van der Waals surface area contributed by atoms with E-state index in [0.29, 0.717) is 32.0 Å². The average molecular weight is 345 g/mol. The molecule has 0 radical (unpaired) electrons. The molecule has 5 nitrogen and oxygen atoms in total. The molecule has 2 heterocycles. The van der Waals surface area contributed by atoms with E-state index >= 15 is 0 Å². The zero-order valence-corrected chi connectivity index (χ0v) is 12.9. The molecule has 22 heavy (non-hydrogen) atoms. The Morgan fingerprint density at radius 3 is 2.73 bits per heavy atom. The monoisotopic (exact) mass is 345 g/mol. The van der Waals surface area contributed by atoms with Gasteiger partial charge in [-0.15, -0.1) is 21.5 Å². The third kappa shape index (κ3) is 2.75. The molecule has 3 rings (SSSR count). The van der Waals surface area contributed by atoms with Gasteiger partial charge in [-0.3, -0.25) is 0 Å². The first-order chi connectivity index (χ1) is 10.4. The van der Waals surface area contributed by atoms with E-state index in [0.717, 1.165) is 12.1 Å². The second-order valence-electron chi connectivity index (χ2n) is 4.38. The van der Waals surface area contributed by atoms with Crippen LogP contribution in [-0.2, 0) is 12.6 Å². The summed E-state index contributed by atoms with van der Waals surface area (Å²) in [5, 5.41) is 8.32. The molecule has 116 valence electrons. The van der Waals surface area contributed by atoms with Gasteiger partial charge in [0.05, 0.1) is 15.8 Å². The molecule has 0 spiro atoms.